The minimum Gasteiger partial charge on any atom is -0.462 e. The second kappa shape index (κ2) is 33.8. The molecule has 0 aromatic heterocycles. The van der Waals surface area contributed by atoms with Crippen LogP contribution in [0.4, 0.5) is 0 Å². The zero-order valence-electron chi connectivity index (χ0n) is 33.1. The van der Waals surface area contributed by atoms with Crippen LogP contribution < -0.4 is 0 Å². The molecule has 0 aliphatic carbocycles. The Labute approximate surface area is 312 Å². The van der Waals surface area contributed by atoms with Crippen molar-refractivity contribution in [3.63, 3.8) is 0 Å². The van der Waals surface area contributed by atoms with Crippen molar-refractivity contribution in [1.29, 1.82) is 0 Å². The van der Waals surface area contributed by atoms with Crippen LogP contribution in [0.3, 0.4) is 0 Å². The van der Waals surface area contributed by atoms with Gasteiger partial charge in [-0.05, 0) is 77.0 Å². The predicted molar refractivity (Wildman–Crippen MR) is 210 cm³/mol. The maximum atomic E-state index is 12.6. The van der Waals surface area contributed by atoms with Gasteiger partial charge in [0.2, 0.25) is 0 Å². The molecule has 0 bridgehead atoms. The highest BCUT2D eigenvalue weighted by Crippen LogP contribution is 2.43. The number of unbranched alkanes of at least 4 members (excludes halogenated alkanes) is 13. The molecule has 0 aliphatic heterocycles. The molecule has 51 heavy (non-hydrogen) atoms. The third-order valence-corrected chi connectivity index (χ3v) is 9.07. The molecule has 0 radical (unpaired) electrons. The summed E-state index contributed by atoms with van der Waals surface area (Å²) in [5, 5.41) is 0. The number of phosphoric ester groups is 1. The van der Waals surface area contributed by atoms with E-state index in [9.17, 15) is 19.0 Å². The fourth-order valence-electron chi connectivity index (χ4n) is 4.89. The van der Waals surface area contributed by atoms with Gasteiger partial charge in [-0.3, -0.25) is 18.6 Å². The lowest BCUT2D eigenvalue weighted by Gasteiger charge is -2.24. The van der Waals surface area contributed by atoms with Crippen molar-refractivity contribution < 1.29 is 42.1 Å². The van der Waals surface area contributed by atoms with Crippen molar-refractivity contribution in [2.75, 3.05) is 47.5 Å². The van der Waals surface area contributed by atoms with E-state index in [-0.39, 0.29) is 26.1 Å². The lowest BCUT2D eigenvalue weighted by atomic mass is 10.1. The molecule has 10 heteroatoms. The highest BCUT2D eigenvalue weighted by molar-refractivity contribution is 7.47. The molecule has 2 atom stereocenters. The number of ether oxygens (including phenoxy) is 2. The number of hydrogen-bond acceptors (Lipinski definition) is 7. The van der Waals surface area contributed by atoms with Gasteiger partial charge < -0.3 is 18.9 Å². The number of carbonyl (C=O) groups is 2. The van der Waals surface area contributed by atoms with Crippen LogP contribution in [-0.4, -0.2) is 74.9 Å². The molecule has 1 unspecified atom stereocenters. The van der Waals surface area contributed by atoms with E-state index in [0.29, 0.717) is 17.4 Å². The van der Waals surface area contributed by atoms with Crippen molar-refractivity contribution in [3.8, 4) is 0 Å². The molecule has 0 rings (SSSR count). The van der Waals surface area contributed by atoms with Gasteiger partial charge in [0, 0.05) is 12.8 Å². The minimum atomic E-state index is -4.38. The summed E-state index contributed by atoms with van der Waals surface area (Å²) in [4.78, 5) is 35.2. The van der Waals surface area contributed by atoms with Gasteiger partial charge in [-0.2, -0.15) is 0 Å². The molecule has 0 saturated carbocycles. The summed E-state index contributed by atoms with van der Waals surface area (Å²) in [6, 6.07) is 0. The summed E-state index contributed by atoms with van der Waals surface area (Å²) in [6.45, 7) is 4.29. The highest BCUT2D eigenvalue weighted by atomic mass is 31.2. The van der Waals surface area contributed by atoms with Crippen LogP contribution in [0.2, 0.25) is 0 Å². The van der Waals surface area contributed by atoms with Gasteiger partial charge in [0.1, 0.15) is 19.8 Å². The first-order valence-electron chi connectivity index (χ1n) is 19.9. The number of rotatable bonds is 35. The van der Waals surface area contributed by atoms with Crippen LogP contribution in [0.5, 0.6) is 0 Å². The van der Waals surface area contributed by atoms with E-state index < -0.39 is 32.5 Å². The van der Waals surface area contributed by atoms with Gasteiger partial charge >= 0.3 is 19.8 Å². The van der Waals surface area contributed by atoms with Crippen LogP contribution in [0.25, 0.3) is 0 Å². The summed E-state index contributed by atoms with van der Waals surface area (Å²) < 4.78 is 34.1. The van der Waals surface area contributed by atoms with Crippen molar-refractivity contribution >= 4 is 19.8 Å². The van der Waals surface area contributed by atoms with E-state index in [4.69, 9.17) is 18.5 Å². The lowest BCUT2D eigenvalue weighted by Crippen LogP contribution is -2.37. The Bertz CT molecular complexity index is 1020. The van der Waals surface area contributed by atoms with E-state index >= 15 is 0 Å². The topological polar surface area (TPSA) is 108 Å². The fraction of sp³-hybridized carbons (Fsp3) is 0.756. The molecular formula is C41H75NO8P+. The van der Waals surface area contributed by atoms with E-state index in [1.807, 2.05) is 21.1 Å². The quantitative estimate of drug-likeness (QED) is 0.0225. The van der Waals surface area contributed by atoms with Crippen molar-refractivity contribution in [2.45, 2.75) is 155 Å². The lowest BCUT2D eigenvalue weighted by molar-refractivity contribution is -0.870. The van der Waals surface area contributed by atoms with E-state index in [2.05, 4.69) is 62.5 Å². The number of quaternary nitrogens is 1. The summed E-state index contributed by atoms with van der Waals surface area (Å²) in [6.07, 6.45) is 37.3. The molecule has 9 nitrogen and oxygen atoms in total. The van der Waals surface area contributed by atoms with E-state index in [0.717, 1.165) is 70.6 Å². The molecule has 0 amide bonds. The van der Waals surface area contributed by atoms with Crippen LogP contribution >= 0.6 is 7.82 Å². The summed E-state index contributed by atoms with van der Waals surface area (Å²) in [7, 11) is 1.44. The van der Waals surface area contributed by atoms with Gasteiger partial charge in [0.05, 0.1) is 27.7 Å². The maximum Gasteiger partial charge on any atom is 0.472 e. The fourth-order valence-corrected chi connectivity index (χ4v) is 5.64. The number of phosphoric acid groups is 1. The second-order valence-corrected chi connectivity index (χ2v) is 15.8. The molecule has 0 aromatic carbocycles. The Morgan fingerprint density at radius 2 is 1.06 bits per heavy atom. The van der Waals surface area contributed by atoms with Crippen LogP contribution in [0.15, 0.2) is 48.6 Å². The first-order valence-corrected chi connectivity index (χ1v) is 21.4. The summed E-state index contributed by atoms with van der Waals surface area (Å²) in [5.41, 5.74) is 0. The Balaban J connectivity index is 4.52. The van der Waals surface area contributed by atoms with Crippen LogP contribution in [0, 0.1) is 0 Å². The number of carbonyl (C=O) groups excluding carboxylic acids is 2. The second-order valence-electron chi connectivity index (χ2n) is 14.3. The number of allylic oxidation sites excluding steroid dienone is 8. The average molecular weight is 741 g/mol. The molecular weight excluding hydrogens is 665 g/mol. The van der Waals surface area contributed by atoms with Crippen molar-refractivity contribution in [2.24, 2.45) is 0 Å². The van der Waals surface area contributed by atoms with Gasteiger partial charge in [0.15, 0.2) is 6.10 Å². The molecule has 0 spiro atoms. The number of likely N-dealkylation sites (N-methyl/N-ethyl adjacent to an activating group) is 1. The molecule has 0 fully saturated rings. The van der Waals surface area contributed by atoms with Gasteiger partial charge in [0.25, 0.3) is 0 Å². The Morgan fingerprint density at radius 3 is 1.63 bits per heavy atom. The molecule has 0 saturated heterocycles. The number of nitrogens with zero attached hydrogens (tertiary/aromatic N) is 1. The summed E-state index contributed by atoms with van der Waals surface area (Å²) >= 11 is 0. The third kappa shape index (κ3) is 37.5. The van der Waals surface area contributed by atoms with Gasteiger partial charge in [-0.1, -0.05) is 107 Å². The van der Waals surface area contributed by atoms with Gasteiger partial charge in [-0.25, -0.2) is 4.57 Å². The Kier molecular flexibility index (Phi) is 32.4. The first-order chi connectivity index (χ1) is 24.5. The SMILES string of the molecule is CCCCC/C=C/C/C=C/C/C=C/CCCCC(=O)O[C@H](COC(=O)CCCCCCC/C=C/CCCCC)COP(=O)(O)OCC[N+](C)(C)C. The van der Waals surface area contributed by atoms with Crippen LogP contribution in [-0.2, 0) is 32.7 Å². The standard InChI is InChI=1S/C41H74NO8P/c1-6-8-10-12-14-16-18-20-21-22-24-26-28-30-32-34-41(44)50-39(38-49-51(45,46)48-36-35-42(3,4)5)37-47-40(43)33-31-29-27-25-23-19-17-15-13-11-9-7-2/h14-17,20-21,24,26,39H,6-13,18-19,22-23,25,27-38H2,1-5H3/p+1/b16-14+,17-15+,21-20+,26-24+/t39-/m1/s1. The zero-order valence-corrected chi connectivity index (χ0v) is 34.0. The number of hydrogen-bond donors (Lipinski definition) is 1. The number of esters is 2. The zero-order chi connectivity index (χ0) is 37.9. The van der Waals surface area contributed by atoms with Crippen molar-refractivity contribution in [1.82, 2.24) is 0 Å². The monoisotopic (exact) mass is 741 g/mol. The van der Waals surface area contributed by atoms with E-state index in [1.54, 1.807) is 0 Å². The molecule has 296 valence electrons. The Hall–Kier alpha value is -2.03. The minimum absolute atomic E-state index is 0.0216. The maximum absolute atomic E-state index is 12.6. The summed E-state index contributed by atoms with van der Waals surface area (Å²) in [5.74, 6) is -0.859. The van der Waals surface area contributed by atoms with Crippen molar-refractivity contribution in [3.05, 3.63) is 48.6 Å². The first kappa shape index (κ1) is 49.0. The molecule has 1 N–H and O–H groups in total. The van der Waals surface area contributed by atoms with Gasteiger partial charge in [-0.15, -0.1) is 0 Å². The van der Waals surface area contributed by atoms with E-state index in [1.165, 1.54) is 44.9 Å². The Morgan fingerprint density at radius 1 is 0.608 bits per heavy atom. The predicted octanol–water partition coefficient (Wildman–Crippen LogP) is 10.7. The van der Waals surface area contributed by atoms with Crippen LogP contribution in [0.1, 0.15) is 149 Å². The molecule has 0 aliphatic rings. The molecule has 0 heterocycles. The highest BCUT2D eigenvalue weighted by Gasteiger charge is 2.27. The third-order valence-electron chi connectivity index (χ3n) is 8.08. The normalized spacial score (nSPS) is 14.2. The smallest absolute Gasteiger partial charge is 0.462 e. The largest absolute Gasteiger partial charge is 0.472 e. The molecule has 0 aromatic rings. The average Bonchev–Trinajstić information content (AvgIpc) is 3.07.